The molecule has 2 heterocycles. The zero-order valence-corrected chi connectivity index (χ0v) is 11.5. The molecule has 94 valence electrons. The molecule has 4 nitrogen and oxygen atoms in total. The summed E-state index contributed by atoms with van der Waals surface area (Å²) < 4.78 is 2.71. The lowest BCUT2D eigenvalue weighted by Gasteiger charge is -2.06. The van der Waals surface area contributed by atoms with E-state index in [0.29, 0.717) is 5.56 Å². The number of hydrogen-bond donors (Lipinski definition) is 1. The second-order valence-electron chi connectivity index (χ2n) is 4.05. The van der Waals surface area contributed by atoms with E-state index in [1.54, 1.807) is 18.3 Å². The number of fused-ring (bicyclic) bond motifs is 1. The highest BCUT2D eigenvalue weighted by Gasteiger charge is 2.06. The highest BCUT2D eigenvalue weighted by atomic mass is 79.9. The number of anilines is 1. The molecule has 0 saturated carbocycles. The summed E-state index contributed by atoms with van der Waals surface area (Å²) in [5.41, 5.74) is 2.18. The Morgan fingerprint density at radius 3 is 2.74 bits per heavy atom. The first kappa shape index (κ1) is 11.9. The predicted molar refractivity (Wildman–Crippen MR) is 77.3 cm³/mol. The summed E-state index contributed by atoms with van der Waals surface area (Å²) in [4.78, 5) is 16.2. The Hall–Kier alpha value is -2.14. The van der Waals surface area contributed by atoms with Gasteiger partial charge in [-0.1, -0.05) is 18.2 Å². The monoisotopic (exact) mass is 315 g/mol. The molecule has 0 fully saturated rings. The van der Waals surface area contributed by atoms with Gasteiger partial charge in [0.05, 0.1) is 11.9 Å². The first-order valence-electron chi connectivity index (χ1n) is 5.73. The van der Waals surface area contributed by atoms with Gasteiger partial charge in [-0.25, -0.2) is 4.98 Å². The smallest absolute Gasteiger partial charge is 0.255 e. The van der Waals surface area contributed by atoms with Gasteiger partial charge in [0.2, 0.25) is 0 Å². The number of nitrogens with zero attached hydrogens (tertiary/aromatic N) is 2. The lowest BCUT2D eigenvalue weighted by atomic mass is 10.2. The quantitative estimate of drug-likeness (QED) is 0.788. The summed E-state index contributed by atoms with van der Waals surface area (Å²) in [5, 5.41) is 2.86. The van der Waals surface area contributed by atoms with Gasteiger partial charge in [-0.2, -0.15) is 0 Å². The largest absolute Gasteiger partial charge is 0.321 e. The number of pyridine rings is 1. The standard InChI is InChI=1S/C14H10BrN3O/c15-12-8-16-13-7-6-11(9-18(12)13)17-14(19)10-4-2-1-3-5-10/h1-9H,(H,17,19). The minimum atomic E-state index is -0.129. The normalized spacial score (nSPS) is 10.6. The molecule has 2 aromatic heterocycles. The number of nitrogens with one attached hydrogen (secondary N) is 1. The molecule has 0 aliphatic carbocycles. The van der Waals surface area contributed by atoms with Gasteiger partial charge in [-0.3, -0.25) is 9.20 Å². The van der Waals surface area contributed by atoms with Gasteiger partial charge in [0, 0.05) is 11.8 Å². The first-order chi connectivity index (χ1) is 9.24. The Morgan fingerprint density at radius 1 is 1.16 bits per heavy atom. The molecular weight excluding hydrogens is 306 g/mol. The van der Waals surface area contributed by atoms with E-state index in [0.717, 1.165) is 15.9 Å². The Balaban J connectivity index is 1.89. The summed E-state index contributed by atoms with van der Waals surface area (Å²) in [6, 6.07) is 12.8. The number of carbonyl (C=O) groups excluding carboxylic acids is 1. The molecule has 19 heavy (non-hydrogen) atoms. The van der Waals surface area contributed by atoms with E-state index in [2.05, 4.69) is 26.2 Å². The van der Waals surface area contributed by atoms with Crippen LogP contribution in [0.3, 0.4) is 0 Å². The number of carbonyl (C=O) groups is 1. The maximum absolute atomic E-state index is 12.0. The fraction of sp³-hybridized carbons (Fsp3) is 0. The van der Waals surface area contributed by atoms with Crippen LogP contribution in [0.5, 0.6) is 0 Å². The van der Waals surface area contributed by atoms with Crippen molar-refractivity contribution in [3.05, 3.63) is 65.0 Å². The van der Waals surface area contributed by atoms with Crippen LogP contribution in [0.25, 0.3) is 5.65 Å². The van der Waals surface area contributed by atoms with Crippen molar-refractivity contribution in [2.45, 2.75) is 0 Å². The molecule has 0 saturated heterocycles. The minimum Gasteiger partial charge on any atom is -0.321 e. The lowest BCUT2D eigenvalue weighted by Crippen LogP contribution is -2.12. The van der Waals surface area contributed by atoms with Crippen molar-refractivity contribution in [3.8, 4) is 0 Å². The average molecular weight is 316 g/mol. The fourth-order valence-electron chi connectivity index (χ4n) is 1.82. The van der Waals surface area contributed by atoms with Crippen molar-refractivity contribution in [2.75, 3.05) is 5.32 Å². The Labute approximate surface area is 118 Å². The second-order valence-corrected chi connectivity index (χ2v) is 4.86. The van der Waals surface area contributed by atoms with Crippen LogP contribution >= 0.6 is 15.9 Å². The SMILES string of the molecule is O=C(Nc1ccc2ncc(Br)n2c1)c1ccccc1. The Bertz CT molecular complexity index is 737. The summed E-state index contributed by atoms with van der Waals surface area (Å²) in [5.74, 6) is -0.129. The van der Waals surface area contributed by atoms with Crippen molar-refractivity contribution in [3.63, 3.8) is 0 Å². The van der Waals surface area contributed by atoms with E-state index in [9.17, 15) is 4.79 Å². The van der Waals surface area contributed by atoms with E-state index >= 15 is 0 Å². The van der Waals surface area contributed by atoms with Crippen LogP contribution in [0.15, 0.2) is 59.5 Å². The van der Waals surface area contributed by atoms with E-state index in [1.807, 2.05) is 40.9 Å². The van der Waals surface area contributed by atoms with Crippen LogP contribution in [0.2, 0.25) is 0 Å². The molecule has 3 aromatic rings. The zero-order valence-electron chi connectivity index (χ0n) is 9.88. The van der Waals surface area contributed by atoms with Gasteiger partial charge >= 0.3 is 0 Å². The molecule has 0 radical (unpaired) electrons. The molecule has 0 unspecified atom stereocenters. The van der Waals surface area contributed by atoms with E-state index < -0.39 is 0 Å². The molecule has 0 bridgehead atoms. The summed E-state index contributed by atoms with van der Waals surface area (Å²) in [6.07, 6.45) is 3.55. The van der Waals surface area contributed by atoms with Crippen molar-refractivity contribution < 1.29 is 4.79 Å². The van der Waals surface area contributed by atoms with Crippen LogP contribution in [0.1, 0.15) is 10.4 Å². The van der Waals surface area contributed by atoms with Gasteiger partial charge in [0.15, 0.2) is 0 Å². The molecule has 1 N–H and O–H groups in total. The highest BCUT2D eigenvalue weighted by Crippen LogP contribution is 2.17. The number of benzene rings is 1. The van der Waals surface area contributed by atoms with Crippen molar-refractivity contribution in [1.82, 2.24) is 9.38 Å². The van der Waals surface area contributed by atoms with E-state index in [4.69, 9.17) is 0 Å². The number of amides is 1. The van der Waals surface area contributed by atoms with Crippen LogP contribution in [-0.4, -0.2) is 15.3 Å². The summed E-state index contributed by atoms with van der Waals surface area (Å²) >= 11 is 3.40. The van der Waals surface area contributed by atoms with Gasteiger partial charge in [0.25, 0.3) is 5.91 Å². The van der Waals surface area contributed by atoms with E-state index in [-0.39, 0.29) is 5.91 Å². The molecule has 0 spiro atoms. The first-order valence-corrected chi connectivity index (χ1v) is 6.52. The molecule has 1 amide bonds. The summed E-state index contributed by atoms with van der Waals surface area (Å²) in [6.45, 7) is 0. The topological polar surface area (TPSA) is 46.4 Å². The third-order valence-electron chi connectivity index (χ3n) is 2.75. The zero-order chi connectivity index (χ0) is 13.2. The Kier molecular flexibility index (Phi) is 3.05. The number of imidazole rings is 1. The lowest BCUT2D eigenvalue weighted by molar-refractivity contribution is 0.102. The molecule has 5 heteroatoms. The Morgan fingerprint density at radius 2 is 1.95 bits per heavy atom. The predicted octanol–water partition coefficient (Wildman–Crippen LogP) is 3.35. The van der Waals surface area contributed by atoms with Gasteiger partial charge in [-0.15, -0.1) is 0 Å². The third-order valence-corrected chi connectivity index (χ3v) is 3.34. The number of halogens is 1. The van der Waals surface area contributed by atoms with Crippen LogP contribution in [0.4, 0.5) is 5.69 Å². The van der Waals surface area contributed by atoms with Gasteiger partial charge < -0.3 is 5.32 Å². The molecule has 0 aliphatic rings. The van der Waals surface area contributed by atoms with Crippen molar-refractivity contribution in [2.24, 2.45) is 0 Å². The molecular formula is C14H10BrN3O. The highest BCUT2D eigenvalue weighted by molar-refractivity contribution is 9.10. The van der Waals surface area contributed by atoms with Gasteiger partial charge in [0.1, 0.15) is 10.3 Å². The van der Waals surface area contributed by atoms with Crippen LogP contribution in [0, 0.1) is 0 Å². The summed E-state index contributed by atoms with van der Waals surface area (Å²) in [7, 11) is 0. The molecule has 3 rings (SSSR count). The number of hydrogen-bond acceptors (Lipinski definition) is 2. The van der Waals surface area contributed by atoms with Crippen molar-refractivity contribution >= 4 is 33.2 Å². The molecule has 0 aliphatic heterocycles. The third kappa shape index (κ3) is 2.37. The van der Waals surface area contributed by atoms with Crippen LogP contribution < -0.4 is 5.32 Å². The maximum Gasteiger partial charge on any atom is 0.255 e. The average Bonchev–Trinajstić information content (AvgIpc) is 2.81. The number of aromatic nitrogens is 2. The molecule has 1 aromatic carbocycles. The van der Waals surface area contributed by atoms with Crippen LogP contribution in [-0.2, 0) is 0 Å². The minimum absolute atomic E-state index is 0.129. The van der Waals surface area contributed by atoms with Gasteiger partial charge in [-0.05, 0) is 40.2 Å². The van der Waals surface area contributed by atoms with Crippen molar-refractivity contribution in [1.29, 1.82) is 0 Å². The fourth-order valence-corrected chi connectivity index (χ4v) is 2.20. The maximum atomic E-state index is 12.0. The van der Waals surface area contributed by atoms with E-state index in [1.165, 1.54) is 0 Å². The second kappa shape index (κ2) is 4.85. The molecule has 0 atom stereocenters. The number of rotatable bonds is 2.